The van der Waals surface area contributed by atoms with Crippen molar-refractivity contribution in [3.8, 4) is 0 Å². The maximum Gasteiger partial charge on any atom is 0.0728 e. The minimum atomic E-state index is -0.583. The Morgan fingerprint density at radius 1 is 0.750 bits per heavy atom. The largest absolute Gasteiger partial charge is 0.389 e. The minimum Gasteiger partial charge on any atom is -0.389 e. The number of likely N-dealkylation sites (tertiary alicyclic amines) is 1. The highest BCUT2D eigenvalue weighted by Gasteiger charge is 2.40. The SMILES string of the molecule is OC1(C(CN2CCC(c3ccccc3N3CCCC3)CC2)c2ccc3ccccc3c2)CCCCC1. The zero-order chi connectivity index (χ0) is 24.4. The lowest BCUT2D eigenvalue weighted by molar-refractivity contribution is -0.0324. The van der Waals surface area contributed by atoms with E-state index in [4.69, 9.17) is 0 Å². The molecule has 6 rings (SSSR count). The highest BCUT2D eigenvalue weighted by atomic mass is 16.3. The number of rotatable bonds is 6. The molecule has 0 radical (unpaired) electrons. The first-order valence-corrected chi connectivity index (χ1v) is 14.5. The summed E-state index contributed by atoms with van der Waals surface area (Å²) in [5, 5.41) is 14.5. The van der Waals surface area contributed by atoms with Gasteiger partial charge in [-0.15, -0.1) is 0 Å². The number of anilines is 1. The van der Waals surface area contributed by atoms with E-state index in [-0.39, 0.29) is 5.92 Å². The number of fused-ring (bicyclic) bond motifs is 1. The van der Waals surface area contributed by atoms with Gasteiger partial charge in [0, 0.05) is 31.2 Å². The average molecular weight is 483 g/mol. The molecular formula is C33H42N2O. The van der Waals surface area contributed by atoms with Gasteiger partial charge in [0.05, 0.1) is 5.60 Å². The zero-order valence-electron chi connectivity index (χ0n) is 21.7. The summed E-state index contributed by atoms with van der Waals surface area (Å²) in [6.45, 7) is 5.64. The molecule has 3 fully saturated rings. The molecule has 3 heteroatoms. The van der Waals surface area contributed by atoms with E-state index in [1.807, 2.05) is 0 Å². The van der Waals surface area contributed by atoms with Crippen molar-refractivity contribution in [3.63, 3.8) is 0 Å². The molecule has 2 aliphatic heterocycles. The fourth-order valence-corrected chi connectivity index (χ4v) is 7.29. The van der Waals surface area contributed by atoms with Gasteiger partial charge < -0.3 is 14.9 Å². The fourth-order valence-electron chi connectivity index (χ4n) is 7.29. The number of hydrogen-bond acceptors (Lipinski definition) is 3. The van der Waals surface area contributed by atoms with Crippen LogP contribution in [0.2, 0.25) is 0 Å². The van der Waals surface area contributed by atoms with Crippen molar-refractivity contribution in [1.29, 1.82) is 0 Å². The van der Waals surface area contributed by atoms with Crippen LogP contribution in [-0.2, 0) is 0 Å². The van der Waals surface area contributed by atoms with E-state index >= 15 is 0 Å². The van der Waals surface area contributed by atoms with Crippen LogP contribution < -0.4 is 4.90 Å². The molecule has 3 aromatic carbocycles. The molecule has 36 heavy (non-hydrogen) atoms. The van der Waals surface area contributed by atoms with Gasteiger partial charge in [-0.25, -0.2) is 0 Å². The summed E-state index contributed by atoms with van der Waals surface area (Å²) in [6.07, 6.45) is 10.5. The van der Waals surface area contributed by atoms with E-state index in [1.54, 1.807) is 5.56 Å². The molecular weight excluding hydrogens is 440 g/mol. The average Bonchev–Trinajstić information content (AvgIpc) is 3.47. The van der Waals surface area contributed by atoms with Gasteiger partial charge in [0.25, 0.3) is 0 Å². The molecule has 1 saturated carbocycles. The predicted octanol–water partition coefficient (Wildman–Crippen LogP) is 7.10. The van der Waals surface area contributed by atoms with Gasteiger partial charge in [0.1, 0.15) is 0 Å². The Morgan fingerprint density at radius 3 is 2.22 bits per heavy atom. The number of piperidine rings is 1. The zero-order valence-corrected chi connectivity index (χ0v) is 21.7. The number of aliphatic hydroxyl groups is 1. The Morgan fingerprint density at radius 2 is 1.44 bits per heavy atom. The first-order valence-electron chi connectivity index (χ1n) is 14.5. The van der Waals surface area contributed by atoms with Crippen molar-refractivity contribution in [2.75, 3.05) is 37.6 Å². The quantitative estimate of drug-likeness (QED) is 0.406. The fraction of sp³-hybridized carbons (Fsp3) is 0.515. The van der Waals surface area contributed by atoms with Crippen molar-refractivity contribution in [3.05, 3.63) is 77.9 Å². The topological polar surface area (TPSA) is 26.7 Å². The lowest BCUT2D eigenvalue weighted by atomic mass is 9.72. The normalized spacial score (nSPS) is 22.2. The molecule has 0 bridgehead atoms. The van der Waals surface area contributed by atoms with E-state index in [9.17, 15) is 5.11 Å². The van der Waals surface area contributed by atoms with Crippen LogP contribution in [0.1, 0.15) is 80.8 Å². The summed E-state index contributed by atoms with van der Waals surface area (Å²) in [7, 11) is 0. The van der Waals surface area contributed by atoms with E-state index in [2.05, 4.69) is 76.5 Å². The van der Waals surface area contributed by atoms with E-state index < -0.39 is 5.60 Å². The molecule has 1 unspecified atom stereocenters. The van der Waals surface area contributed by atoms with Crippen molar-refractivity contribution < 1.29 is 5.11 Å². The number of hydrogen-bond donors (Lipinski definition) is 1. The molecule has 190 valence electrons. The Kier molecular flexibility index (Phi) is 7.04. The van der Waals surface area contributed by atoms with Crippen LogP contribution in [-0.4, -0.2) is 48.3 Å². The first-order chi connectivity index (χ1) is 17.7. The van der Waals surface area contributed by atoms with Gasteiger partial charge in [-0.3, -0.25) is 0 Å². The second-order valence-electron chi connectivity index (χ2n) is 11.7. The molecule has 3 aliphatic rings. The molecule has 1 N–H and O–H groups in total. The van der Waals surface area contributed by atoms with E-state index in [0.717, 1.165) is 45.3 Å². The van der Waals surface area contributed by atoms with Crippen LogP contribution in [0.4, 0.5) is 5.69 Å². The second kappa shape index (κ2) is 10.6. The molecule has 2 heterocycles. The van der Waals surface area contributed by atoms with E-state index in [0.29, 0.717) is 5.92 Å². The minimum absolute atomic E-state index is 0.177. The Hall–Kier alpha value is -2.36. The van der Waals surface area contributed by atoms with Gasteiger partial charge in [-0.2, -0.15) is 0 Å². The summed E-state index contributed by atoms with van der Waals surface area (Å²) >= 11 is 0. The summed E-state index contributed by atoms with van der Waals surface area (Å²) in [4.78, 5) is 5.26. The maximum atomic E-state index is 11.9. The number of nitrogens with zero attached hydrogens (tertiary/aromatic N) is 2. The van der Waals surface area contributed by atoms with Crippen LogP contribution in [0.15, 0.2) is 66.7 Å². The number of para-hydroxylation sites is 1. The van der Waals surface area contributed by atoms with Crippen LogP contribution in [0.5, 0.6) is 0 Å². The van der Waals surface area contributed by atoms with Gasteiger partial charge in [-0.1, -0.05) is 79.9 Å². The van der Waals surface area contributed by atoms with Gasteiger partial charge in [0.2, 0.25) is 0 Å². The second-order valence-corrected chi connectivity index (χ2v) is 11.7. The Balaban J connectivity index is 1.20. The van der Waals surface area contributed by atoms with E-state index in [1.165, 1.54) is 67.2 Å². The van der Waals surface area contributed by atoms with Crippen molar-refractivity contribution in [2.24, 2.45) is 0 Å². The standard InChI is InChI=1S/C33H42N2O/c36-33(18-6-1-7-19-33)31(29-15-14-26-10-2-3-11-28(26)24-29)25-34-22-16-27(17-23-34)30-12-4-5-13-32(30)35-20-8-9-21-35/h2-5,10-15,24,27,31,36H,1,6-9,16-23,25H2. The molecule has 2 saturated heterocycles. The molecule has 0 spiro atoms. The van der Waals surface area contributed by atoms with Crippen molar-refractivity contribution in [1.82, 2.24) is 4.90 Å². The summed E-state index contributed by atoms with van der Waals surface area (Å²) in [5.74, 6) is 0.825. The molecule has 0 aromatic heterocycles. The summed E-state index contributed by atoms with van der Waals surface area (Å²) < 4.78 is 0. The molecule has 1 atom stereocenters. The molecule has 3 aromatic rings. The summed E-state index contributed by atoms with van der Waals surface area (Å²) in [5.41, 5.74) is 3.79. The number of benzene rings is 3. The van der Waals surface area contributed by atoms with Gasteiger partial charge in [0.15, 0.2) is 0 Å². The van der Waals surface area contributed by atoms with Crippen LogP contribution in [0.3, 0.4) is 0 Å². The first kappa shape index (κ1) is 24.0. The van der Waals surface area contributed by atoms with Crippen LogP contribution >= 0.6 is 0 Å². The highest BCUT2D eigenvalue weighted by Crippen LogP contribution is 2.42. The van der Waals surface area contributed by atoms with Gasteiger partial charge in [-0.05, 0) is 85.5 Å². The Labute approximate surface area is 217 Å². The lowest BCUT2D eigenvalue weighted by Gasteiger charge is -2.43. The Bertz CT molecular complexity index is 1150. The van der Waals surface area contributed by atoms with Crippen molar-refractivity contribution >= 4 is 16.5 Å². The predicted molar refractivity (Wildman–Crippen MR) is 151 cm³/mol. The third kappa shape index (κ3) is 4.93. The molecule has 3 nitrogen and oxygen atoms in total. The van der Waals surface area contributed by atoms with Crippen molar-refractivity contribution in [2.45, 2.75) is 75.2 Å². The van der Waals surface area contributed by atoms with Gasteiger partial charge >= 0.3 is 0 Å². The lowest BCUT2D eigenvalue weighted by Crippen LogP contribution is -2.46. The summed E-state index contributed by atoms with van der Waals surface area (Å²) in [6, 6.07) is 24.7. The third-order valence-corrected chi connectivity index (χ3v) is 9.40. The smallest absolute Gasteiger partial charge is 0.0728 e. The monoisotopic (exact) mass is 482 g/mol. The maximum absolute atomic E-state index is 11.9. The third-order valence-electron chi connectivity index (χ3n) is 9.40. The molecule has 1 aliphatic carbocycles. The molecule has 0 amide bonds. The van der Waals surface area contributed by atoms with Crippen LogP contribution in [0.25, 0.3) is 10.8 Å². The highest BCUT2D eigenvalue weighted by molar-refractivity contribution is 5.83. The van der Waals surface area contributed by atoms with Crippen LogP contribution in [0, 0.1) is 0 Å².